The molecule has 0 unspecified atom stereocenters. The number of benzene rings is 1. The molecule has 0 saturated carbocycles. The van der Waals surface area contributed by atoms with Crippen LogP contribution in [0.5, 0.6) is 0 Å². The van der Waals surface area contributed by atoms with Crippen molar-refractivity contribution in [3.05, 3.63) is 35.6 Å². The molecule has 2 atom stereocenters. The smallest absolute Gasteiger partial charge is 0.235 e. The second-order valence-electron chi connectivity index (χ2n) is 5.44. The molecular weight excluding hydrogens is 309 g/mol. The molecule has 7 heteroatoms. The van der Waals surface area contributed by atoms with Gasteiger partial charge in [0.1, 0.15) is 11.6 Å². The van der Waals surface area contributed by atoms with Crippen LogP contribution in [0.15, 0.2) is 24.3 Å². The zero-order chi connectivity index (χ0) is 16.2. The summed E-state index contributed by atoms with van der Waals surface area (Å²) >= 11 is 0. The van der Waals surface area contributed by atoms with Gasteiger partial charge in [-0.1, -0.05) is 12.1 Å². The molecule has 0 spiro atoms. The molecule has 0 aliphatic carbocycles. The standard InChI is InChI=1S/C15H20FNO4S/c1-11(12-4-2-5-13(16)8-12)22(19,20)10-15(18)17-9-14-6-3-7-21-14/h2,4-5,8,11,14H,3,6-7,9-10H2,1H3,(H,17,18)/t11-,14+/m0/s1. The lowest BCUT2D eigenvalue weighted by Gasteiger charge is -2.14. The first kappa shape index (κ1) is 16.9. The summed E-state index contributed by atoms with van der Waals surface area (Å²) in [6.07, 6.45) is 1.79. The molecule has 1 aromatic carbocycles. The summed E-state index contributed by atoms with van der Waals surface area (Å²) in [7, 11) is -3.69. The molecule has 5 nitrogen and oxygen atoms in total. The minimum Gasteiger partial charge on any atom is -0.376 e. The van der Waals surface area contributed by atoms with Gasteiger partial charge >= 0.3 is 0 Å². The largest absolute Gasteiger partial charge is 0.376 e. The van der Waals surface area contributed by atoms with Crippen LogP contribution in [0.25, 0.3) is 0 Å². The molecule has 2 rings (SSSR count). The predicted octanol–water partition coefficient (Wildman–Crippen LogP) is 1.60. The number of carbonyl (C=O) groups is 1. The Kier molecular flexibility index (Phi) is 5.52. The molecule has 0 radical (unpaired) electrons. The van der Waals surface area contributed by atoms with E-state index in [0.717, 1.165) is 12.8 Å². The van der Waals surface area contributed by atoms with E-state index in [1.807, 2.05) is 0 Å². The Morgan fingerprint density at radius 2 is 2.27 bits per heavy atom. The molecule has 0 bridgehead atoms. The quantitative estimate of drug-likeness (QED) is 0.860. The Bertz CT molecular complexity index is 626. The summed E-state index contributed by atoms with van der Waals surface area (Å²) < 4.78 is 43.0. The maximum Gasteiger partial charge on any atom is 0.235 e. The van der Waals surface area contributed by atoms with Crippen molar-refractivity contribution in [3.63, 3.8) is 0 Å². The number of halogens is 1. The number of hydrogen-bond acceptors (Lipinski definition) is 4. The SMILES string of the molecule is C[C@@H](c1cccc(F)c1)S(=O)(=O)CC(=O)NC[C@H]1CCCO1. The van der Waals surface area contributed by atoms with Crippen LogP contribution in [0.3, 0.4) is 0 Å². The normalized spacial score (nSPS) is 19.8. The van der Waals surface area contributed by atoms with Gasteiger partial charge in [0.05, 0.1) is 11.4 Å². The van der Waals surface area contributed by atoms with Crippen molar-refractivity contribution in [1.29, 1.82) is 0 Å². The Morgan fingerprint density at radius 3 is 2.91 bits per heavy atom. The molecule has 1 N–H and O–H groups in total. The lowest BCUT2D eigenvalue weighted by molar-refractivity contribution is -0.119. The molecule has 1 aliphatic heterocycles. The molecule has 1 aliphatic rings. The van der Waals surface area contributed by atoms with Crippen LogP contribution in [-0.2, 0) is 19.4 Å². The van der Waals surface area contributed by atoms with E-state index < -0.39 is 32.6 Å². The van der Waals surface area contributed by atoms with Gasteiger partial charge < -0.3 is 10.1 Å². The van der Waals surface area contributed by atoms with E-state index in [1.165, 1.54) is 31.2 Å². The van der Waals surface area contributed by atoms with Gasteiger partial charge in [0.2, 0.25) is 5.91 Å². The molecule has 0 aromatic heterocycles. The number of amides is 1. The van der Waals surface area contributed by atoms with Gasteiger partial charge in [-0.05, 0) is 37.5 Å². The molecule has 1 heterocycles. The summed E-state index contributed by atoms with van der Waals surface area (Å²) in [4.78, 5) is 11.8. The first-order valence-electron chi connectivity index (χ1n) is 7.24. The fourth-order valence-corrected chi connectivity index (χ4v) is 3.64. The van der Waals surface area contributed by atoms with E-state index in [-0.39, 0.29) is 6.10 Å². The zero-order valence-corrected chi connectivity index (χ0v) is 13.2. The van der Waals surface area contributed by atoms with Crippen LogP contribution >= 0.6 is 0 Å². The average Bonchev–Trinajstić information content (AvgIpc) is 2.97. The first-order valence-corrected chi connectivity index (χ1v) is 8.95. The van der Waals surface area contributed by atoms with Gasteiger partial charge in [0.15, 0.2) is 9.84 Å². The van der Waals surface area contributed by atoms with Crippen LogP contribution < -0.4 is 5.32 Å². The van der Waals surface area contributed by atoms with Gasteiger partial charge in [-0.3, -0.25) is 4.79 Å². The number of sulfone groups is 1. The second kappa shape index (κ2) is 7.19. The molecule has 22 heavy (non-hydrogen) atoms. The van der Waals surface area contributed by atoms with Crippen molar-refractivity contribution < 1.29 is 22.3 Å². The van der Waals surface area contributed by atoms with E-state index in [1.54, 1.807) is 0 Å². The fourth-order valence-electron chi connectivity index (χ4n) is 2.36. The van der Waals surface area contributed by atoms with Gasteiger partial charge in [0.25, 0.3) is 0 Å². The lowest BCUT2D eigenvalue weighted by Crippen LogP contribution is -2.36. The van der Waals surface area contributed by atoms with Crippen LogP contribution in [0.4, 0.5) is 4.39 Å². The third-order valence-electron chi connectivity index (χ3n) is 3.74. The van der Waals surface area contributed by atoms with E-state index in [2.05, 4.69) is 5.32 Å². The third-order valence-corrected chi connectivity index (χ3v) is 5.75. The maximum atomic E-state index is 13.2. The average molecular weight is 329 g/mol. The second-order valence-corrected chi connectivity index (χ2v) is 7.77. The fraction of sp³-hybridized carbons (Fsp3) is 0.533. The van der Waals surface area contributed by atoms with E-state index in [0.29, 0.717) is 18.7 Å². The molecule has 1 aromatic rings. The summed E-state index contributed by atoms with van der Waals surface area (Å²) in [5.74, 6) is -1.67. The number of ether oxygens (including phenoxy) is 1. The van der Waals surface area contributed by atoms with Crippen molar-refractivity contribution in [2.75, 3.05) is 18.9 Å². The highest BCUT2D eigenvalue weighted by molar-refractivity contribution is 7.92. The Hall–Kier alpha value is -1.47. The summed E-state index contributed by atoms with van der Waals surface area (Å²) in [6.45, 7) is 2.45. The van der Waals surface area contributed by atoms with Crippen molar-refractivity contribution in [1.82, 2.24) is 5.32 Å². The van der Waals surface area contributed by atoms with Crippen LogP contribution in [0, 0.1) is 5.82 Å². The monoisotopic (exact) mass is 329 g/mol. The maximum absolute atomic E-state index is 13.2. The summed E-state index contributed by atoms with van der Waals surface area (Å²) in [5, 5.41) is 1.65. The van der Waals surface area contributed by atoms with Gasteiger partial charge in [-0.25, -0.2) is 12.8 Å². The third kappa shape index (κ3) is 4.51. The minimum absolute atomic E-state index is 0.0349. The minimum atomic E-state index is -3.69. The number of nitrogens with one attached hydrogen (secondary N) is 1. The van der Waals surface area contributed by atoms with Crippen molar-refractivity contribution in [3.8, 4) is 0 Å². The highest BCUT2D eigenvalue weighted by atomic mass is 32.2. The molecular formula is C15H20FNO4S. The molecule has 1 fully saturated rings. The summed E-state index contributed by atoms with van der Waals surface area (Å²) in [6, 6.07) is 5.41. The van der Waals surface area contributed by atoms with E-state index in [4.69, 9.17) is 4.74 Å². The highest BCUT2D eigenvalue weighted by Gasteiger charge is 2.26. The summed E-state index contributed by atoms with van der Waals surface area (Å²) in [5.41, 5.74) is 0.340. The van der Waals surface area contributed by atoms with Crippen molar-refractivity contribution >= 4 is 15.7 Å². The number of hydrogen-bond donors (Lipinski definition) is 1. The van der Waals surface area contributed by atoms with Gasteiger partial charge in [-0.15, -0.1) is 0 Å². The molecule has 122 valence electrons. The zero-order valence-electron chi connectivity index (χ0n) is 12.4. The molecule has 1 amide bonds. The van der Waals surface area contributed by atoms with Crippen LogP contribution in [0.2, 0.25) is 0 Å². The predicted molar refractivity (Wildman–Crippen MR) is 80.6 cm³/mol. The lowest BCUT2D eigenvalue weighted by atomic mass is 10.2. The Morgan fingerprint density at radius 1 is 1.50 bits per heavy atom. The topological polar surface area (TPSA) is 72.5 Å². The van der Waals surface area contributed by atoms with Gasteiger partial charge in [-0.2, -0.15) is 0 Å². The highest BCUT2D eigenvalue weighted by Crippen LogP contribution is 2.23. The Labute approximate surface area is 129 Å². The van der Waals surface area contributed by atoms with Crippen LogP contribution in [0.1, 0.15) is 30.6 Å². The van der Waals surface area contributed by atoms with Gasteiger partial charge in [0, 0.05) is 13.2 Å². The first-order chi connectivity index (χ1) is 10.4. The molecule has 1 saturated heterocycles. The Balaban J connectivity index is 1.93. The number of rotatable bonds is 6. The van der Waals surface area contributed by atoms with Crippen molar-refractivity contribution in [2.24, 2.45) is 0 Å². The number of carbonyl (C=O) groups excluding carboxylic acids is 1. The van der Waals surface area contributed by atoms with Crippen molar-refractivity contribution in [2.45, 2.75) is 31.1 Å². The van der Waals surface area contributed by atoms with E-state index in [9.17, 15) is 17.6 Å². The van der Waals surface area contributed by atoms with E-state index >= 15 is 0 Å². The van der Waals surface area contributed by atoms with Crippen LogP contribution in [-0.4, -0.2) is 39.3 Å².